The molecule has 0 aromatic heterocycles. The summed E-state index contributed by atoms with van der Waals surface area (Å²) in [6, 6.07) is 6.79. The minimum atomic E-state index is 0.789. The minimum absolute atomic E-state index is 0.789. The Morgan fingerprint density at radius 2 is 2.12 bits per heavy atom. The van der Waals surface area contributed by atoms with Gasteiger partial charge in [0.1, 0.15) is 0 Å². The molecule has 0 radical (unpaired) electrons. The van der Waals surface area contributed by atoms with Gasteiger partial charge < -0.3 is 10.6 Å². The van der Waals surface area contributed by atoms with E-state index in [9.17, 15) is 0 Å². The van der Waals surface area contributed by atoms with Gasteiger partial charge in [0.2, 0.25) is 0 Å². The van der Waals surface area contributed by atoms with Crippen molar-refractivity contribution in [2.45, 2.75) is 38.6 Å². The van der Waals surface area contributed by atoms with Crippen LogP contribution in [-0.2, 0) is 0 Å². The number of nitrogens with one attached hydrogen (secondary N) is 2. The van der Waals surface area contributed by atoms with Gasteiger partial charge in [0.15, 0.2) is 0 Å². The van der Waals surface area contributed by atoms with Crippen molar-refractivity contribution < 1.29 is 0 Å². The number of anilines is 1. The largest absolute Gasteiger partial charge is 0.384 e. The molecule has 1 aliphatic rings. The van der Waals surface area contributed by atoms with Gasteiger partial charge in [-0.1, -0.05) is 30.2 Å². The SMILES string of the molecule is Cc1cccc(Cl)c1NCCCNC1CCC1. The summed E-state index contributed by atoms with van der Waals surface area (Å²) in [5.74, 6) is 0. The van der Waals surface area contributed by atoms with E-state index >= 15 is 0 Å². The van der Waals surface area contributed by atoms with Crippen LogP contribution in [0, 0.1) is 6.92 Å². The lowest BCUT2D eigenvalue weighted by atomic mass is 9.93. The van der Waals surface area contributed by atoms with Crippen LogP contribution in [0.4, 0.5) is 5.69 Å². The van der Waals surface area contributed by atoms with Gasteiger partial charge in [-0.2, -0.15) is 0 Å². The highest BCUT2D eigenvalue weighted by Gasteiger charge is 2.15. The van der Waals surface area contributed by atoms with E-state index in [1.54, 1.807) is 0 Å². The van der Waals surface area contributed by atoms with Crippen molar-refractivity contribution in [1.82, 2.24) is 5.32 Å². The van der Waals surface area contributed by atoms with Crippen molar-refractivity contribution in [3.05, 3.63) is 28.8 Å². The second-order valence-corrected chi connectivity index (χ2v) is 5.20. The van der Waals surface area contributed by atoms with Crippen LogP contribution in [0.25, 0.3) is 0 Å². The molecule has 0 bridgehead atoms. The van der Waals surface area contributed by atoms with Crippen molar-refractivity contribution >= 4 is 17.3 Å². The fraction of sp³-hybridized carbons (Fsp3) is 0.571. The molecule has 0 saturated heterocycles. The summed E-state index contributed by atoms with van der Waals surface area (Å²) >= 11 is 6.15. The fourth-order valence-electron chi connectivity index (χ4n) is 2.08. The van der Waals surface area contributed by atoms with Crippen molar-refractivity contribution in [2.75, 3.05) is 18.4 Å². The van der Waals surface area contributed by atoms with Crippen LogP contribution in [0.3, 0.4) is 0 Å². The maximum absolute atomic E-state index is 6.15. The number of rotatable bonds is 6. The highest BCUT2D eigenvalue weighted by atomic mass is 35.5. The number of halogens is 1. The van der Waals surface area contributed by atoms with Crippen LogP contribution in [0.15, 0.2) is 18.2 Å². The maximum atomic E-state index is 6.15. The Labute approximate surface area is 109 Å². The van der Waals surface area contributed by atoms with Crippen molar-refractivity contribution in [1.29, 1.82) is 0 Å². The summed E-state index contributed by atoms with van der Waals surface area (Å²) in [6.07, 6.45) is 5.25. The summed E-state index contributed by atoms with van der Waals surface area (Å²) in [7, 11) is 0. The normalized spacial score (nSPS) is 15.6. The zero-order chi connectivity index (χ0) is 12.1. The summed E-state index contributed by atoms with van der Waals surface area (Å²) in [5, 5.41) is 7.80. The lowest BCUT2D eigenvalue weighted by Crippen LogP contribution is -2.36. The molecule has 0 unspecified atom stereocenters. The first-order chi connectivity index (χ1) is 8.27. The van der Waals surface area contributed by atoms with E-state index in [4.69, 9.17) is 11.6 Å². The molecule has 17 heavy (non-hydrogen) atoms. The molecular formula is C14H21ClN2. The molecule has 0 amide bonds. The predicted octanol–water partition coefficient (Wildman–Crippen LogP) is 3.59. The molecule has 1 fully saturated rings. The fourth-order valence-corrected chi connectivity index (χ4v) is 2.36. The first kappa shape index (κ1) is 12.7. The Kier molecular flexibility index (Phi) is 4.69. The maximum Gasteiger partial charge on any atom is 0.0640 e. The quantitative estimate of drug-likeness (QED) is 0.756. The molecule has 0 spiro atoms. The molecule has 1 aromatic carbocycles. The van der Waals surface area contributed by atoms with Crippen LogP contribution in [0.1, 0.15) is 31.2 Å². The van der Waals surface area contributed by atoms with E-state index in [1.165, 1.54) is 24.8 Å². The molecule has 2 nitrogen and oxygen atoms in total. The topological polar surface area (TPSA) is 24.1 Å². The third kappa shape index (κ3) is 3.62. The van der Waals surface area contributed by atoms with Gasteiger partial charge in [0.25, 0.3) is 0 Å². The van der Waals surface area contributed by atoms with Crippen LogP contribution >= 0.6 is 11.6 Å². The van der Waals surface area contributed by atoms with Crippen molar-refractivity contribution in [3.8, 4) is 0 Å². The minimum Gasteiger partial charge on any atom is -0.384 e. The molecule has 2 rings (SSSR count). The van der Waals surface area contributed by atoms with Crippen LogP contribution in [0.2, 0.25) is 5.02 Å². The molecule has 1 aromatic rings. The van der Waals surface area contributed by atoms with E-state index in [1.807, 2.05) is 12.1 Å². The Balaban J connectivity index is 1.66. The molecule has 0 aliphatic heterocycles. The summed E-state index contributed by atoms with van der Waals surface area (Å²) in [4.78, 5) is 0. The van der Waals surface area contributed by atoms with E-state index in [0.29, 0.717) is 0 Å². The van der Waals surface area contributed by atoms with Gasteiger partial charge in [-0.25, -0.2) is 0 Å². The first-order valence-corrected chi connectivity index (χ1v) is 6.87. The Bertz CT molecular complexity index is 341. The molecule has 3 heteroatoms. The Morgan fingerprint density at radius 1 is 1.29 bits per heavy atom. The van der Waals surface area contributed by atoms with Gasteiger partial charge in [-0.15, -0.1) is 0 Å². The van der Waals surface area contributed by atoms with Crippen molar-refractivity contribution in [2.24, 2.45) is 0 Å². The summed E-state index contributed by atoms with van der Waals surface area (Å²) in [5.41, 5.74) is 2.29. The van der Waals surface area contributed by atoms with Crippen LogP contribution in [-0.4, -0.2) is 19.1 Å². The van der Waals surface area contributed by atoms with Gasteiger partial charge in [0.05, 0.1) is 10.7 Å². The third-order valence-electron chi connectivity index (χ3n) is 3.42. The standard InChI is InChI=1S/C14H21ClN2/c1-11-5-2-8-13(15)14(11)17-10-4-9-16-12-6-3-7-12/h2,5,8,12,16-17H,3-4,6-7,9-10H2,1H3. The van der Waals surface area contributed by atoms with Crippen molar-refractivity contribution in [3.63, 3.8) is 0 Å². The predicted molar refractivity (Wildman–Crippen MR) is 74.9 cm³/mol. The lowest BCUT2D eigenvalue weighted by Gasteiger charge is -2.26. The van der Waals surface area contributed by atoms with Gasteiger partial charge >= 0.3 is 0 Å². The van der Waals surface area contributed by atoms with E-state index in [0.717, 1.165) is 36.3 Å². The second kappa shape index (κ2) is 6.27. The average molecular weight is 253 g/mol. The highest BCUT2D eigenvalue weighted by Crippen LogP contribution is 2.25. The molecule has 2 N–H and O–H groups in total. The molecule has 1 aliphatic carbocycles. The van der Waals surface area contributed by atoms with E-state index < -0.39 is 0 Å². The highest BCUT2D eigenvalue weighted by molar-refractivity contribution is 6.33. The van der Waals surface area contributed by atoms with E-state index in [2.05, 4.69) is 23.6 Å². The molecule has 1 saturated carbocycles. The molecular weight excluding hydrogens is 232 g/mol. The monoisotopic (exact) mass is 252 g/mol. The number of benzene rings is 1. The molecule has 0 atom stereocenters. The Hall–Kier alpha value is -0.730. The average Bonchev–Trinajstić information content (AvgIpc) is 2.24. The summed E-state index contributed by atoms with van der Waals surface area (Å²) in [6.45, 7) is 4.16. The second-order valence-electron chi connectivity index (χ2n) is 4.79. The van der Waals surface area contributed by atoms with Gasteiger partial charge in [0, 0.05) is 12.6 Å². The number of hydrogen-bond acceptors (Lipinski definition) is 2. The lowest BCUT2D eigenvalue weighted by molar-refractivity contribution is 0.340. The molecule has 94 valence electrons. The smallest absolute Gasteiger partial charge is 0.0640 e. The third-order valence-corrected chi connectivity index (χ3v) is 3.73. The zero-order valence-electron chi connectivity index (χ0n) is 10.4. The molecule has 0 heterocycles. The zero-order valence-corrected chi connectivity index (χ0v) is 11.2. The van der Waals surface area contributed by atoms with Crippen LogP contribution in [0.5, 0.6) is 0 Å². The Morgan fingerprint density at radius 3 is 2.76 bits per heavy atom. The first-order valence-electron chi connectivity index (χ1n) is 6.50. The van der Waals surface area contributed by atoms with E-state index in [-0.39, 0.29) is 0 Å². The van der Waals surface area contributed by atoms with Crippen LogP contribution < -0.4 is 10.6 Å². The van der Waals surface area contributed by atoms with Gasteiger partial charge in [-0.3, -0.25) is 0 Å². The number of para-hydroxylation sites is 1. The number of hydrogen-bond donors (Lipinski definition) is 2. The summed E-state index contributed by atoms with van der Waals surface area (Å²) < 4.78 is 0. The van der Waals surface area contributed by atoms with Gasteiger partial charge in [-0.05, 0) is 44.4 Å². The number of aryl methyl sites for hydroxylation is 1.